The Bertz CT molecular complexity index is 947. The van der Waals surface area contributed by atoms with Gasteiger partial charge in [-0.05, 0) is 30.5 Å². The molecule has 9 nitrogen and oxygen atoms in total. The lowest BCUT2D eigenvalue weighted by atomic mass is 9.74. The summed E-state index contributed by atoms with van der Waals surface area (Å²) >= 11 is 0. The van der Waals surface area contributed by atoms with Crippen LogP contribution in [0.1, 0.15) is 18.4 Å². The second-order valence-electron chi connectivity index (χ2n) is 6.99. The highest BCUT2D eigenvalue weighted by Crippen LogP contribution is 2.39. The molecule has 2 aromatic heterocycles. The minimum Gasteiger partial charge on any atom is -0.384 e. The summed E-state index contributed by atoms with van der Waals surface area (Å²) in [4.78, 5) is 6.97. The molecule has 4 rings (SSSR count). The number of nitrogens with one attached hydrogen (secondary N) is 1. The number of nitriles is 1. The molecule has 2 aromatic rings. The number of allylic oxidation sites excluding steroid dienone is 1. The molecule has 4 heterocycles. The second-order valence-corrected chi connectivity index (χ2v) is 6.99. The molecule has 146 valence electrons. The highest BCUT2D eigenvalue weighted by atomic mass is 16.5. The molecule has 2 aliphatic rings. The number of nitrogens with two attached hydrogens (primary N) is 1. The van der Waals surface area contributed by atoms with Crippen molar-refractivity contribution in [3.63, 3.8) is 0 Å². The molecule has 0 saturated carbocycles. The highest BCUT2D eigenvalue weighted by Gasteiger charge is 2.37. The first-order chi connectivity index (χ1) is 13.7. The minimum absolute atomic E-state index is 0.306. The normalized spacial score (nSPS) is 20.1. The van der Waals surface area contributed by atoms with Crippen molar-refractivity contribution in [1.82, 2.24) is 14.8 Å². The molecule has 3 N–H and O–H groups in total. The number of rotatable bonds is 4. The third kappa shape index (κ3) is 3.10. The van der Waals surface area contributed by atoms with Gasteiger partial charge in [-0.2, -0.15) is 15.0 Å². The van der Waals surface area contributed by atoms with Crippen LogP contribution in [0.15, 0.2) is 18.3 Å². The van der Waals surface area contributed by atoms with E-state index in [4.69, 9.17) is 25.6 Å². The molecule has 0 atom stereocenters. The zero-order valence-electron chi connectivity index (χ0n) is 15.6. The van der Waals surface area contributed by atoms with Gasteiger partial charge in [0.15, 0.2) is 5.65 Å². The lowest BCUT2D eigenvalue weighted by Gasteiger charge is -2.33. The van der Waals surface area contributed by atoms with Crippen LogP contribution < -0.4 is 10.6 Å². The van der Waals surface area contributed by atoms with E-state index < -0.39 is 5.41 Å². The van der Waals surface area contributed by atoms with Crippen LogP contribution in [0.3, 0.4) is 0 Å². The summed E-state index contributed by atoms with van der Waals surface area (Å²) in [6.07, 6.45) is 5.54. The summed E-state index contributed by atoms with van der Waals surface area (Å²) < 4.78 is 12.5. The number of hydrogen-bond donors (Lipinski definition) is 2. The van der Waals surface area contributed by atoms with Crippen molar-refractivity contribution in [3.05, 3.63) is 23.9 Å². The van der Waals surface area contributed by atoms with Crippen LogP contribution in [0, 0.1) is 16.7 Å². The van der Waals surface area contributed by atoms with Crippen LogP contribution >= 0.6 is 0 Å². The van der Waals surface area contributed by atoms with Gasteiger partial charge in [-0.25, -0.2) is 4.98 Å². The number of anilines is 1. The maximum absolute atomic E-state index is 10.1. The molecule has 0 aliphatic carbocycles. The molecule has 2 saturated heterocycles. The van der Waals surface area contributed by atoms with Gasteiger partial charge in [0.1, 0.15) is 11.6 Å². The Hall–Kier alpha value is -2.96. The molecule has 0 amide bonds. The number of hydrogen-bond acceptors (Lipinski definition) is 8. The smallest absolute Gasteiger partial charge is 0.167 e. The van der Waals surface area contributed by atoms with Crippen molar-refractivity contribution >= 4 is 28.9 Å². The summed E-state index contributed by atoms with van der Waals surface area (Å²) in [5.41, 5.74) is 6.95. The van der Waals surface area contributed by atoms with Crippen LogP contribution in [0.25, 0.3) is 16.9 Å². The van der Waals surface area contributed by atoms with Gasteiger partial charge in [0.2, 0.25) is 0 Å². The van der Waals surface area contributed by atoms with Gasteiger partial charge in [-0.1, -0.05) is 0 Å². The van der Waals surface area contributed by atoms with E-state index in [1.54, 1.807) is 6.20 Å². The van der Waals surface area contributed by atoms with Gasteiger partial charge in [-0.3, -0.25) is 0 Å². The monoisotopic (exact) mass is 381 g/mol. The topological polar surface area (TPSA) is 126 Å². The molecule has 2 fully saturated rings. The predicted octanol–water partition coefficient (Wildman–Crippen LogP) is 1.25. The summed E-state index contributed by atoms with van der Waals surface area (Å²) in [5, 5.41) is 22.6. The van der Waals surface area contributed by atoms with Gasteiger partial charge in [0.25, 0.3) is 0 Å². The van der Waals surface area contributed by atoms with E-state index in [1.165, 1.54) is 10.8 Å². The van der Waals surface area contributed by atoms with Crippen molar-refractivity contribution < 1.29 is 9.47 Å². The van der Waals surface area contributed by atoms with E-state index in [2.05, 4.69) is 16.1 Å². The van der Waals surface area contributed by atoms with E-state index in [0.717, 1.165) is 36.1 Å². The molecule has 0 unspecified atom stereocenters. The van der Waals surface area contributed by atoms with Gasteiger partial charge < -0.3 is 25.5 Å². The molecule has 9 heteroatoms. The van der Waals surface area contributed by atoms with E-state index in [-0.39, 0.29) is 0 Å². The van der Waals surface area contributed by atoms with Crippen molar-refractivity contribution in [2.75, 3.05) is 44.4 Å². The van der Waals surface area contributed by atoms with Gasteiger partial charge in [0.05, 0.1) is 30.9 Å². The Kier molecular flexibility index (Phi) is 4.98. The van der Waals surface area contributed by atoms with Crippen LogP contribution in [-0.4, -0.2) is 60.5 Å². The molecule has 0 aromatic carbocycles. The molecule has 2 aliphatic heterocycles. The largest absolute Gasteiger partial charge is 0.384 e. The first-order valence-electron chi connectivity index (χ1n) is 9.36. The lowest BCUT2D eigenvalue weighted by Crippen LogP contribution is -2.37. The molecule has 0 spiro atoms. The quantitative estimate of drug-likeness (QED) is 0.763. The third-order valence-corrected chi connectivity index (χ3v) is 5.44. The molecule has 28 heavy (non-hydrogen) atoms. The van der Waals surface area contributed by atoms with E-state index in [9.17, 15) is 5.26 Å². The Morgan fingerprint density at radius 3 is 2.64 bits per heavy atom. The lowest BCUT2D eigenvalue weighted by molar-refractivity contribution is 0.0679. The maximum atomic E-state index is 10.1. The van der Waals surface area contributed by atoms with E-state index in [1.807, 2.05) is 6.07 Å². The van der Waals surface area contributed by atoms with Crippen molar-refractivity contribution in [3.8, 4) is 6.07 Å². The Morgan fingerprint density at radius 2 is 1.96 bits per heavy atom. The molecule has 0 bridgehead atoms. The van der Waals surface area contributed by atoms with Crippen molar-refractivity contribution in [2.45, 2.75) is 18.3 Å². The number of aromatic nitrogens is 3. The number of fused-ring (bicyclic) bond motifs is 1. The van der Waals surface area contributed by atoms with Crippen molar-refractivity contribution in [2.24, 2.45) is 5.73 Å². The number of pyridine rings is 1. The number of morpholine rings is 1. The summed E-state index contributed by atoms with van der Waals surface area (Å²) in [7, 11) is 0. The fraction of sp³-hybridized carbons (Fsp3) is 0.474. The van der Waals surface area contributed by atoms with Crippen molar-refractivity contribution in [1.29, 1.82) is 10.7 Å². The number of nitrogens with zero attached hydrogens (tertiary/aromatic N) is 5. The zero-order valence-corrected chi connectivity index (χ0v) is 15.6. The summed E-state index contributed by atoms with van der Waals surface area (Å²) in [6, 6.07) is 4.57. The van der Waals surface area contributed by atoms with Gasteiger partial charge >= 0.3 is 0 Å². The SMILES string of the molecule is N#CC1(c2cc(N3CCOCC3)nc3c2cnn3/C(N)=C/C=N)CCOCC1. The van der Waals surface area contributed by atoms with Crippen LogP contribution in [0.2, 0.25) is 0 Å². The van der Waals surface area contributed by atoms with Crippen LogP contribution in [0.4, 0.5) is 5.82 Å². The van der Waals surface area contributed by atoms with Gasteiger partial charge in [0, 0.05) is 37.9 Å². The van der Waals surface area contributed by atoms with Crippen LogP contribution in [-0.2, 0) is 14.9 Å². The maximum Gasteiger partial charge on any atom is 0.167 e. The highest BCUT2D eigenvalue weighted by molar-refractivity contribution is 5.86. The fourth-order valence-corrected chi connectivity index (χ4v) is 3.84. The first-order valence-corrected chi connectivity index (χ1v) is 9.36. The van der Waals surface area contributed by atoms with E-state index >= 15 is 0 Å². The second kappa shape index (κ2) is 7.58. The minimum atomic E-state index is -0.644. The van der Waals surface area contributed by atoms with Gasteiger partial charge in [-0.15, -0.1) is 0 Å². The molecule has 0 radical (unpaired) electrons. The Morgan fingerprint density at radius 1 is 1.25 bits per heavy atom. The molecular weight excluding hydrogens is 358 g/mol. The Labute approximate surface area is 162 Å². The average Bonchev–Trinajstić information content (AvgIpc) is 3.18. The summed E-state index contributed by atoms with van der Waals surface area (Å²) in [5.74, 6) is 1.09. The third-order valence-electron chi connectivity index (χ3n) is 5.44. The zero-order chi connectivity index (χ0) is 19.6. The Balaban J connectivity index is 1.93. The summed E-state index contributed by atoms with van der Waals surface area (Å²) in [6.45, 7) is 3.85. The van der Waals surface area contributed by atoms with Crippen LogP contribution in [0.5, 0.6) is 0 Å². The predicted molar refractivity (Wildman–Crippen MR) is 105 cm³/mol. The average molecular weight is 381 g/mol. The van der Waals surface area contributed by atoms with E-state index in [0.29, 0.717) is 50.7 Å². The number of ether oxygens (including phenoxy) is 2. The standard InChI is InChI=1S/C19H23N7O2/c20-4-1-16(22)26-18-14(12-23-26)15(19(13-21)2-7-27-8-3-19)11-17(24-18)25-5-9-28-10-6-25/h1,4,11-12,20H,2-3,5-10,22H2/b16-1+,20-4?. The first kappa shape index (κ1) is 18.4. The fourth-order valence-electron chi connectivity index (χ4n) is 3.84. The molecular formula is C19H23N7O2.